The van der Waals surface area contributed by atoms with Crippen LogP contribution in [0.5, 0.6) is 0 Å². The van der Waals surface area contributed by atoms with Crippen molar-refractivity contribution in [1.29, 1.82) is 0 Å². The van der Waals surface area contributed by atoms with Crippen molar-refractivity contribution < 1.29 is 9.59 Å². The Balaban J connectivity index is 1.30. The van der Waals surface area contributed by atoms with Crippen LogP contribution in [0.25, 0.3) is 0 Å². The molecule has 2 fully saturated rings. The van der Waals surface area contributed by atoms with Crippen molar-refractivity contribution in [2.24, 2.45) is 11.7 Å². The zero-order valence-electron chi connectivity index (χ0n) is 20.0. The third-order valence-electron chi connectivity index (χ3n) is 7.33. The van der Waals surface area contributed by atoms with Crippen LogP contribution in [0.2, 0.25) is 0 Å². The van der Waals surface area contributed by atoms with Gasteiger partial charge in [-0.25, -0.2) is 0 Å². The molecule has 1 heterocycles. The highest BCUT2D eigenvalue weighted by atomic mass is 16.2. The number of nitrogens with one attached hydrogen (secondary N) is 2. The van der Waals surface area contributed by atoms with Crippen LogP contribution >= 0.6 is 0 Å². The molecule has 0 radical (unpaired) electrons. The third kappa shape index (κ3) is 5.86. The van der Waals surface area contributed by atoms with Gasteiger partial charge in [-0.3, -0.25) is 9.59 Å². The maximum Gasteiger partial charge on any atom is 0.233 e. The van der Waals surface area contributed by atoms with E-state index < -0.39 is 5.41 Å². The van der Waals surface area contributed by atoms with E-state index in [2.05, 4.69) is 15.5 Å². The third-order valence-corrected chi connectivity index (χ3v) is 7.33. The molecule has 34 heavy (non-hydrogen) atoms. The van der Waals surface area contributed by atoms with Gasteiger partial charge in [-0.05, 0) is 62.2 Å². The minimum absolute atomic E-state index is 0.0962. The molecule has 2 aromatic rings. The van der Waals surface area contributed by atoms with Crippen LogP contribution in [-0.2, 0) is 15.0 Å². The van der Waals surface area contributed by atoms with Crippen LogP contribution in [0.1, 0.15) is 49.7 Å². The Bertz CT molecular complexity index is 890. The Morgan fingerprint density at radius 2 is 1.56 bits per heavy atom. The number of likely N-dealkylation sites (tertiary alicyclic amines) is 1. The Labute approximate surface area is 203 Å². The van der Waals surface area contributed by atoms with E-state index in [1.165, 1.54) is 12.8 Å². The summed E-state index contributed by atoms with van der Waals surface area (Å²) in [6.07, 6.45) is 6.49. The summed E-state index contributed by atoms with van der Waals surface area (Å²) in [6, 6.07) is 20.6. The Morgan fingerprint density at radius 3 is 2.15 bits per heavy atom. The first-order valence-corrected chi connectivity index (χ1v) is 12.7. The molecule has 4 N–H and O–H groups in total. The predicted octanol–water partition coefficient (Wildman–Crippen LogP) is 2.82. The molecule has 1 atom stereocenters. The van der Waals surface area contributed by atoms with Crippen molar-refractivity contribution in [3.05, 3.63) is 71.8 Å². The van der Waals surface area contributed by atoms with Crippen LogP contribution in [0.15, 0.2) is 60.7 Å². The lowest BCUT2D eigenvalue weighted by Gasteiger charge is -2.37. The number of carbonyl (C=O) groups excluding carboxylic acids is 2. The SMILES string of the molecule is NC(=O)C(c1ccccc1)(c1ccccc1)[C@@H]1CCN(CCCCCNC(=O)CNC2CC2)C1. The van der Waals surface area contributed by atoms with Gasteiger partial charge in [0.05, 0.1) is 6.54 Å². The summed E-state index contributed by atoms with van der Waals surface area (Å²) in [5.74, 6) is -0.0457. The summed E-state index contributed by atoms with van der Waals surface area (Å²) in [5.41, 5.74) is 7.32. The van der Waals surface area contributed by atoms with E-state index in [4.69, 9.17) is 5.73 Å². The number of hydrogen-bond acceptors (Lipinski definition) is 4. The van der Waals surface area contributed by atoms with Crippen molar-refractivity contribution in [1.82, 2.24) is 15.5 Å². The molecule has 2 amide bonds. The molecule has 0 spiro atoms. The highest BCUT2D eigenvalue weighted by molar-refractivity contribution is 5.91. The average molecular weight is 463 g/mol. The molecule has 6 heteroatoms. The number of amides is 2. The monoisotopic (exact) mass is 462 g/mol. The summed E-state index contributed by atoms with van der Waals surface area (Å²) >= 11 is 0. The Morgan fingerprint density at radius 1 is 0.912 bits per heavy atom. The van der Waals surface area contributed by atoms with E-state index in [0.717, 1.165) is 63.0 Å². The van der Waals surface area contributed by atoms with Gasteiger partial charge in [-0.2, -0.15) is 0 Å². The molecule has 1 aliphatic heterocycles. The molecule has 6 nitrogen and oxygen atoms in total. The predicted molar refractivity (Wildman–Crippen MR) is 135 cm³/mol. The van der Waals surface area contributed by atoms with Crippen LogP contribution < -0.4 is 16.4 Å². The normalized spacial score (nSPS) is 18.6. The average Bonchev–Trinajstić information content (AvgIpc) is 3.58. The first kappa shape index (κ1) is 24.4. The maximum absolute atomic E-state index is 13.2. The molecule has 0 unspecified atom stereocenters. The number of primary amides is 1. The number of hydrogen-bond donors (Lipinski definition) is 3. The van der Waals surface area contributed by atoms with E-state index in [0.29, 0.717) is 12.6 Å². The largest absolute Gasteiger partial charge is 0.369 e. The molecular weight excluding hydrogens is 424 g/mol. The van der Waals surface area contributed by atoms with Crippen molar-refractivity contribution >= 4 is 11.8 Å². The number of rotatable bonds is 13. The Kier molecular flexibility index (Phi) is 8.35. The number of nitrogens with zero attached hydrogens (tertiary/aromatic N) is 1. The smallest absolute Gasteiger partial charge is 0.233 e. The first-order valence-electron chi connectivity index (χ1n) is 12.7. The molecule has 0 bridgehead atoms. The molecule has 0 aromatic heterocycles. The fourth-order valence-corrected chi connectivity index (χ4v) is 5.37. The molecule has 4 rings (SSSR count). The van der Waals surface area contributed by atoms with E-state index in [1.807, 2.05) is 60.7 Å². The summed E-state index contributed by atoms with van der Waals surface area (Å²) < 4.78 is 0. The quantitative estimate of drug-likeness (QED) is 0.400. The van der Waals surface area contributed by atoms with E-state index >= 15 is 0 Å². The second kappa shape index (κ2) is 11.6. The highest BCUT2D eigenvalue weighted by Crippen LogP contribution is 2.43. The fraction of sp³-hybridized carbons (Fsp3) is 0.500. The zero-order valence-corrected chi connectivity index (χ0v) is 20.0. The van der Waals surface area contributed by atoms with Gasteiger partial charge < -0.3 is 21.3 Å². The Hall–Kier alpha value is -2.70. The van der Waals surface area contributed by atoms with E-state index in [1.54, 1.807) is 0 Å². The van der Waals surface area contributed by atoms with Crippen LogP contribution in [0, 0.1) is 5.92 Å². The summed E-state index contributed by atoms with van der Waals surface area (Å²) in [7, 11) is 0. The van der Waals surface area contributed by atoms with Crippen molar-refractivity contribution in [3.63, 3.8) is 0 Å². The minimum atomic E-state index is -0.823. The van der Waals surface area contributed by atoms with Gasteiger partial charge in [-0.1, -0.05) is 67.1 Å². The lowest BCUT2D eigenvalue weighted by atomic mass is 9.64. The molecule has 1 saturated carbocycles. The van der Waals surface area contributed by atoms with Crippen LogP contribution in [0.4, 0.5) is 0 Å². The number of nitrogens with two attached hydrogens (primary N) is 1. The van der Waals surface area contributed by atoms with Gasteiger partial charge in [0.2, 0.25) is 11.8 Å². The van der Waals surface area contributed by atoms with Gasteiger partial charge in [0.25, 0.3) is 0 Å². The van der Waals surface area contributed by atoms with Crippen molar-refractivity contribution in [3.8, 4) is 0 Å². The van der Waals surface area contributed by atoms with Crippen molar-refractivity contribution in [2.75, 3.05) is 32.7 Å². The lowest BCUT2D eigenvalue weighted by Crippen LogP contribution is -2.49. The molecular formula is C28H38N4O2. The number of carbonyl (C=O) groups is 2. The highest BCUT2D eigenvalue weighted by Gasteiger charge is 2.49. The van der Waals surface area contributed by atoms with Crippen LogP contribution in [-0.4, -0.2) is 55.5 Å². The van der Waals surface area contributed by atoms with Gasteiger partial charge in [0, 0.05) is 19.1 Å². The van der Waals surface area contributed by atoms with Crippen LogP contribution in [0.3, 0.4) is 0 Å². The van der Waals surface area contributed by atoms with Gasteiger partial charge in [-0.15, -0.1) is 0 Å². The second-order valence-corrected chi connectivity index (χ2v) is 9.76. The summed E-state index contributed by atoms with van der Waals surface area (Å²) in [4.78, 5) is 27.4. The van der Waals surface area contributed by atoms with Crippen molar-refractivity contribution in [2.45, 2.75) is 50.0 Å². The summed E-state index contributed by atoms with van der Waals surface area (Å²) in [5, 5.41) is 6.25. The molecule has 2 aromatic carbocycles. The number of unbranched alkanes of at least 4 members (excludes halogenated alkanes) is 2. The fourth-order valence-electron chi connectivity index (χ4n) is 5.37. The topological polar surface area (TPSA) is 87.5 Å². The van der Waals surface area contributed by atoms with Gasteiger partial charge >= 0.3 is 0 Å². The lowest BCUT2D eigenvalue weighted by molar-refractivity contribution is -0.124. The first-order chi connectivity index (χ1) is 16.6. The van der Waals surface area contributed by atoms with E-state index in [9.17, 15) is 9.59 Å². The van der Waals surface area contributed by atoms with Gasteiger partial charge in [0.1, 0.15) is 5.41 Å². The van der Waals surface area contributed by atoms with E-state index in [-0.39, 0.29) is 17.7 Å². The molecule has 1 saturated heterocycles. The maximum atomic E-state index is 13.2. The standard InChI is InChI=1S/C28H38N4O2/c29-27(34)28(22-10-4-1-5-11-22,23-12-6-2-7-13-23)24-16-19-32(21-24)18-9-3-8-17-30-26(33)20-31-25-14-15-25/h1-2,4-7,10-13,24-25,31H,3,8-9,14-21H2,(H2,29,34)(H,30,33)/t24-/m1/s1. The second-order valence-electron chi connectivity index (χ2n) is 9.76. The summed E-state index contributed by atoms with van der Waals surface area (Å²) in [6.45, 7) is 4.01. The zero-order chi connectivity index (χ0) is 23.8. The molecule has 2 aliphatic rings. The molecule has 182 valence electrons. The van der Waals surface area contributed by atoms with Gasteiger partial charge in [0.15, 0.2) is 0 Å². The molecule has 1 aliphatic carbocycles. The number of benzene rings is 2. The minimum Gasteiger partial charge on any atom is -0.369 e.